The van der Waals surface area contributed by atoms with Crippen molar-refractivity contribution >= 4 is 17.3 Å². The van der Waals surface area contributed by atoms with Gasteiger partial charge in [0.25, 0.3) is 0 Å². The van der Waals surface area contributed by atoms with E-state index >= 15 is 0 Å². The molecule has 1 heterocycles. The van der Waals surface area contributed by atoms with Gasteiger partial charge in [0.15, 0.2) is 11.5 Å². The molecule has 1 unspecified atom stereocenters. The third kappa shape index (κ3) is 2.82. The van der Waals surface area contributed by atoms with Crippen molar-refractivity contribution in [1.82, 2.24) is 0 Å². The Morgan fingerprint density at radius 2 is 2.00 bits per heavy atom. The molecule has 5 heteroatoms. The molecule has 0 aliphatic carbocycles. The van der Waals surface area contributed by atoms with E-state index in [-0.39, 0.29) is 6.79 Å². The van der Waals surface area contributed by atoms with Crippen LogP contribution in [-0.2, 0) is 0 Å². The van der Waals surface area contributed by atoms with Gasteiger partial charge in [-0.1, -0.05) is 25.4 Å². The van der Waals surface area contributed by atoms with E-state index in [1.54, 1.807) is 6.07 Å². The summed E-state index contributed by atoms with van der Waals surface area (Å²) in [6, 6.07) is 3.65. The van der Waals surface area contributed by atoms with Crippen LogP contribution in [0.2, 0.25) is 5.02 Å². The highest BCUT2D eigenvalue weighted by molar-refractivity contribution is 6.33. The molecule has 3 N–H and O–H groups in total. The lowest BCUT2D eigenvalue weighted by Gasteiger charge is -2.20. The quantitative estimate of drug-likeness (QED) is 0.864. The van der Waals surface area contributed by atoms with E-state index in [4.69, 9.17) is 26.8 Å². The molecule has 18 heavy (non-hydrogen) atoms. The number of nitrogens with two attached hydrogens (primary N) is 1. The van der Waals surface area contributed by atoms with E-state index in [0.29, 0.717) is 29.2 Å². The van der Waals surface area contributed by atoms with Crippen LogP contribution in [0.3, 0.4) is 0 Å². The normalized spacial score (nSPS) is 14.9. The smallest absolute Gasteiger partial charge is 0.231 e. The zero-order valence-electron chi connectivity index (χ0n) is 10.7. The Labute approximate surface area is 112 Å². The minimum atomic E-state index is 0.256. The third-order valence-electron chi connectivity index (χ3n) is 3.26. The van der Waals surface area contributed by atoms with Crippen LogP contribution in [0.4, 0.5) is 5.69 Å². The molecule has 1 aliphatic heterocycles. The number of rotatable bonds is 5. The number of benzene rings is 1. The predicted octanol–water partition coefficient (Wildman–Crippen LogP) is 2.71. The lowest BCUT2D eigenvalue weighted by molar-refractivity contribution is 0.174. The van der Waals surface area contributed by atoms with Gasteiger partial charge in [0.05, 0.1) is 10.7 Å². The number of hydrogen-bond donors (Lipinski definition) is 2. The number of nitrogens with one attached hydrogen (secondary N) is 1. The Kier molecular flexibility index (Phi) is 4.19. The molecule has 1 atom stereocenters. The second-order valence-electron chi connectivity index (χ2n) is 4.81. The second kappa shape index (κ2) is 5.67. The van der Waals surface area contributed by atoms with Gasteiger partial charge in [-0.05, 0) is 18.4 Å². The Hall–Kier alpha value is -1.13. The van der Waals surface area contributed by atoms with Crippen molar-refractivity contribution in [2.45, 2.75) is 13.8 Å². The van der Waals surface area contributed by atoms with Gasteiger partial charge in [-0.25, -0.2) is 0 Å². The molecule has 1 aliphatic rings. The predicted molar refractivity (Wildman–Crippen MR) is 73.4 cm³/mol. The maximum Gasteiger partial charge on any atom is 0.231 e. The maximum atomic E-state index is 6.18. The molecular weight excluding hydrogens is 252 g/mol. The van der Waals surface area contributed by atoms with E-state index in [1.165, 1.54) is 0 Å². The lowest BCUT2D eigenvalue weighted by atomic mass is 9.96. The van der Waals surface area contributed by atoms with Gasteiger partial charge in [0, 0.05) is 18.7 Å². The summed E-state index contributed by atoms with van der Waals surface area (Å²) in [7, 11) is 0. The standard InChI is InChI=1S/C13H19ClN2O2/c1-8(2)9(5-15)6-16-11-4-13-12(3-10(11)14)17-7-18-13/h3-4,8-9,16H,5-7,15H2,1-2H3. The van der Waals surface area contributed by atoms with Gasteiger partial charge in [-0.15, -0.1) is 0 Å². The van der Waals surface area contributed by atoms with Crippen LogP contribution < -0.4 is 20.5 Å². The van der Waals surface area contributed by atoms with Crippen LogP contribution in [-0.4, -0.2) is 19.9 Å². The van der Waals surface area contributed by atoms with Gasteiger partial charge in [-0.2, -0.15) is 0 Å². The van der Waals surface area contributed by atoms with Crippen molar-refractivity contribution in [2.75, 3.05) is 25.2 Å². The number of fused-ring (bicyclic) bond motifs is 1. The van der Waals surface area contributed by atoms with Crippen molar-refractivity contribution in [3.8, 4) is 11.5 Å². The van der Waals surface area contributed by atoms with E-state index in [0.717, 1.165) is 18.0 Å². The molecule has 0 saturated carbocycles. The van der Waals surface area contributed by atoms with E-state index in [9.17, 15) is 0 Å². The average molecular weight is 271 g/mol. The fourth-order valence-electron chi connectivity index (χ4n) is 1.88. The summed E-state index contributed by atoms with van der Waals surface area (Å²) in [4.78, 5) is 0. The van der Waals surface area contributed by atoms with Gasteiger partial charge >= 0.3 is 0 Å². The molecule has 0 saturated heterocycles. The Morgan fingerprint density at radius 3 is 2.61 bits per heavy atom. The molecule has 0 bridgehead atoms. The Balaban J connectivity index is 2.05. The lowest BCUT2D eigenvalue weighted by Crippen LogP contribution is -2.27. The number of halogens is 1. The molecular formula is C13H19ClN2O2. The van der Waals surface area contributed by atoms with Gasteiger partial charge in [0.2, 0.25) is 6.79 Å². The minimum Gasteiger partial charge on any atom is -0.454 e. The molecule has 0 radical (unpaired) electrons. The molecule has 0 aromatic heterocycles. The van der Waals surface area contributed by atoms with E-state index in [2.05, 4.69) is 19.2 Å². The summed E-state index contributed by atoms with van der Waals surface area (Å²) in [6.07, 6.45) is 0. The fraction of sp³-hybridized carbons (Fsp3) is 0.538. The molecule has 0 amide bonds. The van der Waals surface area contributed by atoms with E-state index in [1.807, 2.05) is 6.07 Å². The van der Waals surface area contributed by atoms with Crippen molar-refractivity contribution < 1.29 is 9.47 Å². The van der Waals surface area contributed by atoms with Crippen LogP contribution in [0.15, 0.2) is 12.1 Å². The second-order valence-corrected chi connectivity index (χ2v) is 5.21. The monoisotopic (exact) mass is 270 g/mol. The van der Waals surface area contributed by atoms with Gasteiger partial charge < -0.3 is 20.5 Å². The van der Waals surface area contributed by atoms with Crippen LogP contribution in [0, 0.1) is 11.8 Å². The topological polar surface area (TPSA) is 56.5 Å². The molecule has 4 nitrogen and oxygen atoms in total. The first-order chi connectivity index (χ1) is 8.61. The minimum absolute atomic E-state index is 0.256. The molecule has 2 rings (SSSR count). The van der Waals surface area contributed by atoms with Crippen LogP contribution in [0.1, 0.15) is 13.8 Å². The zero-order chi connectivity index (χ0) is 13.1. The summed E-state index contributed by atoms with van der Waals surface area (Å²) >= 11 is 6.18. The highest BCUT2D eigenvalue weighted by Gasteiger charge is 2.17. The van der Waals surface area contributed by atoms with Gasteiger partial charge in [0.1, 0.15) is 0 Å². The van der Waals surface area contributed by atoms with Crippen LogP contribution in [0.5, 0.6) is 11.5 Å². The van der Waals surface area contributed by atoms with Crippen molar-refractivity contribution in [3.05, 3.63) is 17.2 Å². The van der Waals surface area contributed by atoms with Crippen LogP contribution in [0.25, 0.3) is 0 Å². The molecule has 100 valence electrons. The number of anilines is 1. The molecule has 0 fully saturated rings. The van der Waals surface area contributed by atoms with Gasteiger partial charge in [-0.3, -0.25) is 0 Å². The summed E-state index contributed by atoms with van der Waals surface area (Å²) in [6.45, 7) is 6.05. The first-order valence-electron chi connectivity index (χ1n) is 6.15. The highest BCUT2D eigenvalue weighted by Crippen LogP contribution is 2.39. The number of hydrogen-bond acceptors (Lipinski definition) is 4. The first-order valence-corrected chi connectivity index (χ1v) is 6.52. The summed E-state index contributed by atoms with van der Waals surface area (Å²) in [5, 5.41) is 3.97. The molecule has 1 aromatic carbocycles. The van der Waals surface area contributed by atoms with Crippen molar-refractivity contribution in [2.24, 2.45) is 17.6 Å². The third-order valence-corrected chi connectivity index (χ3v) is 3.58. The molecule has 0 spiro atoms. The summed E-state index contributed by atoms with van der Waals surface area (Å²) in [5.41, 5.74) is 6.61. The Morgan fingerprint density at radius 1 is 1.33 bits per heavy atom. The van der Waals surface area contributed by atoms with Crippen molar-refractivity contribution in [1.29, 1.82) is 0 Å². The highest BCUT2D eigenvalue weighted by atomic mass is 35.5. The van der Waals surface area contributed by atoms with Crippen molar-refractivity contribution in [3.63, 3.8) is 0 Å². The average Bonchev–Trinajstić information content (AvgIpc) is 2.76. The Bertz CT molecular complexity index is 424. The first kappa shape index (κ1) is 13.3. The summed E-state index contributed by atoms with van der Waals surface area (Å²) in [5.74, 6) is 2.39. The number of ether oxygens (including phenoxy) is 2. The van der Waals surface area contributed by atoms with E-state index < -0.39 is 0 Å². The largest absolute Gasteiger partial charge is 0.454 e. The maximum absolute atomic E-state index is 6.18. The zero-order valence-corrected chi connectivity index (χ0v) is 11.5. The molecule has 1 aromatic rings. The fourth-order valence-corrected chi connectivity index (χ4v) is 2.11. The van der Waals surface area contributed by atoms with Crippen LogP contribution >= 0.6 is 11.6 Å². The SMILES string of the molecule is CC(C)C(CN)CNc1cc2c(cc1Cl)OCO2. The summed E-state index contributed by atoms with van der Waals surface area (Å²) < 4.78 is 10.6.